The first-order valence-electron chi connectivity index (χ1n) is 11.9. The highest BCUT2D eigenvalue weighted by molar-refractivity contribution is 5.89. The van der Waals surface area contributed by atoms with Gasteiger partial charge in [-0.1, -0.05) is 55.8 Å². The Bertz CT molecular complexity index is 889. The molecule has 2 aromatic rings. The molecule has 0 aromatic heterocycles. The number of carbonyl (C=O) groups excluding carboxylic acids is 3. The number of aliphatic hydroxyl groups excluding tert-OH is 1. The zero-order chi connectivity index (χ0) is 26.6. The molecule has 0 aliphatic heterocycles. The summed E-state index contributed by atoms with van der Waals surface area (Å²) in [6.07, 6.45) is 2.77. The number of likely N-dealkylation sites (N-methyl/N-ethyl adjacent to an activating group) is 1. The molecule has 35 heavy (non-hydrogen) atoms. The van der Waals surface area contributed by atoms with Gasteiger partial charge >= 0.3 is 0 Å². The van der Waals surface area contributed by atoms with E-state index in [9.17, 15) is 14.4 Å². The Morgan fingerprint density at radius 2 is 1.63 bits per heavy atom. The number of hydrogen-bond acceptors (Lipinski definition) is 6. The van der Waals surface area contributed by atoms with Gasteiger partial charge in [0.25, 0.3) is 0 Å². The van der Waals surface area contributed by atoms with Gasteiger partial charge in [-0.3, -0.25) is 19.6 Å². The molecular weight excluding hydrogens is 448 g/mol. The number of fused-ring (bicyclic) bond motifs is 1. The fourth-order valence-electron chi connectivity index (χ4n) is 3.05. The van der Waals surface area contributed by atoms with Crippen LogP contribution in [0.3, 0.4) is 0 Å². The molecule has 0 aliphatic rings. The van der Waals surface area contributed by atoms with Gasteiger partial charge in [0.15, 0.2) is 0 Å². The topological polar surface area (TPSA) is 131 Å². The van der Waals surface area contributed by atoms with Gasteiger partial charge in [0.1, 0.15) is 0 Å². The molecule has 9 heteroatoms. The zero-order valence-corrected chi connectivity index (χ0v) is 21.6. The second-order valence-corrected chi connectivity index (χ2v) is 8.19. The van der Waals surface area contributed by atoms with E-state index in [0.29, 0.717) is 6.42 Å². The summed E-state index contributed by atoms with van der Waals surface area (Å²) in [7, 11) is 5.69. The Morgan fingerprint density at radius 1 is 1.00 bits per heavy atom. The van der Waals surface area contributed by atoms with Crippen LogP contribution in [0.5, 0.6) is 0 Å². The van der Waals surface area contributed by atoms with E-state index >= 15 is 0 Å². The van der Waals surface area contributed by atoms with Gasteiger partial charge in [0.05, 0.1) is 12.5 Å². The third-order valence-corrected chi connectivity index (χ3v) is 4.88. The molecule has 5 N–H and O–H groups in total. The van der Waals surface area contributed by atoms with Crippen LogP contribution in [0.25, 0.3) is 10.8 Å². The van der Waals surface area contributed by atoms with Crippen molar-refractivity contribution in [1.29, 1.82) is 0 Å². The molecule has 0 spiro atoms. The quantitative estimate of drug-likeness (QED) is 0.256. The minimum absolute atomic E-state index is 0.162. The Labute approximate surface area is 208 Å². The molecule has 3 amide bonds. The normalized spacial score (nSPS) is 10.9. The molecule has 0 radical (unpaired) electrons. The third kappa shape index (κ3) is 14.8. The van der Waals surface area contributed by atoms with E-state index in [4.69, 9.17) is 10.3 Å². The van der Waals surface area contributed by atoms with E-state index < -0.39 is 17.7 Å². The van der Waals surface area contributed by atoms with E-state index in [1.54, 1.807) is 12.4 Å². The van der Waals surface area contributed by atoms with Crippen LogP contribution >= 0.6 is 0 Å². The predicted molar refractivity (Wildman–Crippen MR) is 139 cm³/mol. The molecule has 0 heterocycles. The van der Waals surface area contributed by atoms with E-state index in [1.807, 2.05) is 42.5 Å². The van der Waals surface area contributed by atoms with E-state index in [2.05, 4.69) is 36.6 Å². The number of benzene rings is 2. The summed E-state index contributed by atoms with van der Waals surface area (Å²) < 4.78 is 0. The molecule has 0 saturated carbocycles. The molecule has 0 bridgehead atoms. The average Bonchev–Trinajstić information content (AvgIpc) is 2.85. The highest BCUT2D eigenvalue weighted by Crippen LogP contribution is 2.19. The molecule has 196 valence electrons. The number of rotatable bonds is 10. The lowest BCUT2D eigenvalue weighted by atomic mass is 9.93. The smallest absolute Gasteiger partial charge is 0.244 e. The maximum absolute atomic E-state index is 12.3. The average molecular weight is 491 g/mol. The summed E-state index contributed by atoms with van der Waals surface area (Å²) >= 11 is 0. The van der Waals surface area contributed by atoms with Crippen molar-refractivity contribution in [3.63, 3.8) is 0 Å². The molecule has 0 aliphatic carbocycles. The highest BCUT2D eigenvalue weighted by atomic mass is 16.5. The first-order chi connectivity index (χ1) is 16.7. The van der Waals surface area contributed by atoms with Gasteiger partial charge < -0.3 is 20.6 Å². The zero-order valence-electron chi connectivity index (χ0n) is 21.6. The number of nitrogens with one attached hydrogen (secondary N) is 3. The minimum Gasteiger partial charge on any atom is -0.397 e. The van der Waals surface area contributed by atoms with Crippen LogP contribution in [0.4, 0.5) is 0 Å². The monoisotopic (exact) mass is 490 g/mol. The maximum atomic E-state index is 12.3. The Kier molecular flexibility index (Phi) is 17.7. The lowest BCUT2D eigenvalue weighted by Crippen LogP contribution is -2.40. The van der Waals surface area contributed by atoms with Crippen molar-refractivity contribution in [2.75, 3.05) is 40.8 Å². The predicted octanol–water partition coefficient (Wildman–Crippen LogP) is 2.10. The van der Waals surface area contributed by atoms with Crippen molar-refractivity contribution in [3.8, 4) is 0 Å². The van der Waals surface area contributed by atoms with Crippen molar-refractivity contribution >= 4 is 28.5 Å². The molecule has 2 aromatic carbocycles. The maximum Gasteiger partial charge on any atom is 0.244 e. The molecule has 2 rings (SSSR count). The van der Waals surface area contributed by atoms with Gasteiger partial charge in [-0.2, -0.15) is 0 Å². The summed E-state index contributed by atoms with van der Waals surface area (Å²) in [5.74, 6) is -2.09. The lowest BCUT2D eigenvalue weighted by Gasteiger charge is -2.16. The molecule has 1 atom stereocenters. The minimum atomic E-state index is -0.696. The van der Waals surface area contributed by atoms with Crippen LogP contribution in [0, 0.1) is 5.92 Å². The van der Waals surface area contributed by atoms with Crippen molar-refractivity contribution < 1.29 is 24.7 Å². The summed E-state index contributed by atoms with van der Waals surface area (Å²) in [5, 5.41) is 23.3. The van der Waals surface area contributed by atoms with Crippen LogP contribution < -0.4 is 16.1 Å². The Hall–Kier alpha value is -3.01. The van der Waals surface area contributed by atoms with Crippen LogP contribution in [0.15, 0.2) is 42.5 Å². The number of carbonyl (C=O) groups is 3. The highest BCUT2D eigenvalue weighted by Gasteiger charge is 2.22. The Morgan fingerprint density at radius 3 is 2.14 bits per heavy atom. The lowest BCUT2D eigenvalue weighted by molar-refractivity contribution is -0.135. The van der Waals surface area contributed by atoms with Gasteiger partial charge in [0.2, 0.25) is 17.7 Å². The number of hydrogen-bond donors (Lipinski definition) is 5. The van der Waals surface area contributed by atoms with E-state index in [-0.39, 0.29) is 25.5 Å². The first-order valence-corrected chi connectivity index (χ1v) is 11.9. The molecule has 1 unspecified atom stereocenters. The van der Waals surface area contributed by atoms with E-state index in [1.165, 1.54) is 26.4 Å². The van der Waals surface area contributed by atoms with Gasteiger partial charge in [-0.25, -0.2) is 5.48 Å². The molecule has 0 fully saturated rings. The summed E-state index contributed by atoms with van der Waals surface area (Å²) in [4.78, 5) is 37.3. The van der Waals surface area contributed by atoms with Crippen molar-refractivity contribution in [2.24, 2.45) is 5.92 Å². The van der Waals surface area contributed by atoms with Gasteiger partial charge in [-0.05, 0) is 56.7 Å². The number of unbranched alkanes of at least 4 members (excludes halogenated alkanes) is 1. The second kappa shape index (κ2) is 19.3. The van der Waals surface area contributed by atoms with Crippen molar-refractivity contribution in [3.05, 3.63) is 48.0 Å². The Balaban J connectivity index is 0.000000978. The number of nitrogens with zero attached hydrogens (tertiary/aromatic N) is 1. The van der Waals surface area contributed by atoms with E-state index in [0.717, 1.165) is 16.3 Å². The van der Waals surface area contributed by atoms with Crippen molar-refractivity contribution in [2.45, 2.75) is 39.5 Å². The molecule has 0 saturated heterocycles. The number of aliphatic hydroxyl groups is 1. The van der Waals surface area contributed by atoms with Crippen LogP contribution in [-0.4, -0.2) is 73.8 Å². The third-order valence-electron chi connectivity index (χ3n) is 4.88. The molecular formula is C26H42N4O5. The molecule has 9 nitrogen and oxygen atoms in total. The SMILES string of the molecule is CCCCN(C)C.CCO.CNC(=O)CNC(=O)C(CC(=O)NO)Cc1ccc2ccccc2c1. The summed E-state index contributed by atoms with van der Waals surface area (Å²) in [6, 6.07) is 13.7. The summed E-state index contributed by atoms with van der Waals surface area (Å²) in [6.45, 7) is 5.21. The number of hydroxylamine groups is 1. The fraction of sp³-hybridized carbons (Fsp3) is 0.500. The van der Waals surface area contributed by atoms with Crippen LogP contribution in [0.2, 0.25) is 0 Å². The standard InChI is InChI=1S/C18H21N3O4.C6H15N.C2H6O/c1-19-17(23)11-20-18(24)15(10-16(22)21-25)9-12-6-7-13-4-2-3-5-14(13)8-12;1-4-5-6-7(2)3;1-2-3/h2-8,15,25H,9-11H2,1H3,(H,19,23)(H,20,24)(H,21,22);4-6H2,1-3H3;3H,2H2,1H3. The summed E-state index contributed by atoms with van der Waals surface area (Å²) in [5.41, 5.74) is 2.44. The second-order valence-electron chi connectivity index (χ2n) is 8.19. The first kappa shape index (κ1) is 32.0. The largest absolute Gasteiger partial charge is 0.397 e. The van der Waals surface area contributed by atoms with Gasteiger partial charge in [0, 0.05) is 20.1 Å². The fourth-order valence-corrected chi connectivity index (χ4v) is 3.05. The number of amides is 3. The van der Waals surface area contributed by atoms with Crippen LogP contribution in [-0.2, 0) is 20.8 Å². The van der Waals surface area contributed by atoms with Gasteiger partial charge in [-0.15, -0.1) is 0 Å². The van der Waals surface area contributed by atoms with Crippen LogP contribution in [0.1, 0.15) is 38.7 Å². The van der Waals surface area contributed by atoms with Crippen molar-refractivity contribution in [1.82, 2.24) is 21.0 Å².